The molecular weight excluding hydrogens is 250 g/mol. The summed E-state index contributed by atoms with van der Waals surface area (Å²) in [6.45, 7) is 8.89. The van der Waals surface area contributed by atoms with Crippen LogP contribution >= 0.6 is 0 Å². The van der Waals surface area contributed by atoms with Crippen molar-refractivity contribution in [3.8, 4) is 0 Å². The Morgan fingerprint density at radius 1 is 1.25 bits per heavy atom. The first-order valence-corrected chi connectivity index (χ1v) is 7.06. The van der Waals surface area contributed by atoms with Crippen molar-refractivity contribution in [2.75, 3.05) is 5.73 Å². The van der Waals surface area contributed by atoms with Crippen LogP contribution in [0, 0.1) is 0 Å². The van der Waals surface area contributed by atoms with Crippen LogP contribution in [0.25, 0.3) is 0 Å². The summed E-state index contributed by atoms with van der Waals surface area (Å²) in [4.78, 5) is 6.70. The molecule has 0 radical (unpaired) electrons. The molecule has 0 unspecified atom stereocenters. The van der Waals surface area contributed by atoms with Crippen molar-refractivity contribution < 1.29 is 0 Å². The number of nitrogen functional groups attached to an aromatic ring is 1. The van der Waals surface area contributed by atoms with Crippen molar-refractivity contribution in [3.05, 3.63) is 42.0 Å². The minimum absolute atomic E-state index is 0.414. The highest BCUT2D eigenvalue weighted by Crippen LogP contribution is 2.16. The third-order valence-corrected chi connectivity index (χ3v) is 3.50. The predicted molar refractivity (Wildman–Crippen MR) is 80.9 cm³/mol. The molecule has 2 aromatic rings. The number of nitrogens with zero attached hydrogens (tertiary/aromatic N) is 4. The molecule has 2 rings (SSSR count). The lowest BCUT2D eigenvalue weighted by molar-refractivity contribution is 0.195. The maximum Gasteiger partial charge on any atom is 0.141 e. The number of rotatable bonds is 6. The minimum atomic E-state index is 0.414. The van der Waals surface area contributed by atoms with Gasteiger partial charge in [0.05, 0.1) is 6.54 Å². The van der Waals surface area contributed by atoms with Gasteiger partial charge in [-0.15, -0.1) is 0 Å². The van der Waals surface area contributed by atoms with E-state index >= 15 is 0 Å². The second-order valence-electron chi connectivity index (χ2n) is 5.19. The summed E-state index contributed by atoms with van der Waals surface area (Å²) in [5.41, 5.74) is 8.04. The van der Waals surface area contributed by atoms with E-state index in [2.05, 4.69) is 41.8 Å². The Labute approximate surface area is 120 Å². The lowest BCUT2D eigenvalue weighted by Gasteiger charge is -2.26. The van der Waals surface area contributed by atoms with Gasteiger partial charge in [0.2, 0.25) is 0 Å². The fourth-order valence-electron chi connectivity index (χ4n) is 2.17. The fourth-order valence-corrected chi connectivity index (χ4v) is 2.17. The Bertz CT molecular complexity index is 547. The number of aryl methyl sites for hydroxylation is 1. The summed E-state index contributed by atoms with van der Waals surface area (Å²) in [5, 5.41) is 4.23. The number of benzene rings is 1. The van der Waals surface area contributed by atoms with E-state index in [1.54, 1.807) is 6.33 Å². The van der Waals surface area contributed by atoms with E-state index in [4.69, 9.17) is 5.73 Å². The second-order valence-corrected chi connectivity index (χ2v) is 5.19. The number of anilines is 1. The summed E-state index contributed by atoms with van der Waals surface area (Å²) >= 11 is 0. The highest BCUT2D eigenvalue weighted by Gasteiger charge is 2.15. The number of hydrogen-bond donors (Lipinski definition) is 1. The lowest BCUT2D eigenvalue weighted by atomic mass is 10.1. The molecule has 0 saturated carbocycles. The second kappa shape index (κ2) is 6.52. The molecule has 108 valence electrons. The Balaban J connectivity index is 2.14. The number of nitrogens with two attached hydrogens (primary N) is 1. The van der Waals surface area contributed by atoms with E-state index < -0.39 is 0 Å². The molecule has 0 saturated heterocycles. The molecule has 0 aliphatic heterocycles. The van der Waals surface area contributed by atoms with Gasteiger partial charge in [-0.25, -0.2) is 9.67 Å². The van der Waals surface area contributed by atoms with Gasteiger partial charge < -0.3 is 5.73 Å². The van der Waals surface area contributed by atoms with Gasteiger partial charge in [-0.1, -0.05) is 18.2 Å². The van der Waals surface area contributed by atoms with Crippen molar-refractivity contribution in [2.45, 2.75) is 46.4 Å². The molecule has 0 aliphatic rings. The molecule has 0 bridgehead atoms. The van der Waals surface area contributed by atoms with Crippen LogP contribution in [0.2, 0.25) is 0 Å². The highest BCUT2D eigenvalue weighted by atomic mass is 15.3. The van der Waals surface area contributed by atoms with Crippen LogP contribution in [-0.2, 0) is 19.6 Å². The first-order chi connectivity index (χ1) is 9.61. The summed E-state index contributed by atoms with van der Waals surface area (Å²) in [5.74, 6) is 0.996. The third-order valence-electron chi connectivity index (χ3n) is 3.50. The Morgan fingerprint density at radius 3 is 2.65 bits per heavy atom. The monoisotopic (exact) mass is 273 g/mol. The Morgan fingerprint density at radius 2 is 2.00 bits per heavy atom. The van der Waals surface area contributed by atoms with Crippen LogP contribution in [0.3, 0.4) is 0 Å². The standard InChI is InChI=1S/C15H23N5/c1-4-20-15(17-11-18-20)10-19(12(2)3)9-13-7-5-6-8-14(13)16/h5-8,11-12H,4,9-10,16H2,1-3H3. The SMILES string of the molecule is CCn1ncnc1CN(Cc1ccccc1N)C(C)C. The molecule has 1 heterocycles. The lowest BCUT2D eigenvalue weighted by Crippen LogP contribution is -2.31. The average molecular weight is 273 g/mol. The first kappa shape index (κ1) is 14.5. The fraction of sp³-hybridized carbons (Fsp3) is 0.467. The molecule has 0 spiro atoms. The topological polar surface area (TPSA) is 60.0 Å². The van der Waals surface area contributed by atoms with Crippen LogP contribution in [0.1, 0.15) is 32.2 Å². The van der Waals surface area contributed by atoms with Crippen molar-refractivity contribution in [2.24, 2.45) is 0 Å². The molecule has 1 aromatic heterocycles. The predicted octanol–water partition coefficient (Wildman–Crippen LogP) is 2.29. The largest absolute Gasteiger partial charge is 0.398 e. The van der Waals surface area contributed by atoms with Gasteiger partial charge in [-0.3, -0.25) is 4.90 Å². The van der Waals surface area contributed by atoms with Crippen molar-refractivity contribution in [1.29, 1.82) is 0 Å². The van der Waals surface area contributed by atoms with Gasteiger partial charge in [0, 0.05) is 24.8 Å². The van der Waals surface area contributed by atoms with Gasteiger partial charge in [-0.05, 0) is 32.4 Å². The zero-order valence-electron chi connectivity index (χ0n) is 12.5. The maximum absolute atomic E-state index is 6.04. The normalized spacial score (nSPS) is 11.4. The van der Waals surface area contributed by atoms with E-state index in [1.807, 2.05) is 22.9 Å². The molecule has 1 aromatic carbocycles. The number of hydrogen-bond acceptors (Lipinski definition) is 4. The third kappa shape index (κ3) is 3.36. The van der Waals surface area contributed by atoms with E-state index in [-0.39, 0.29) is 0 Å². The van der Waals surface area contributed by atoms with Crippen molar-refractivity contribution in [1.82, 2.24) is 19.7 Å². The number of para-hydroxylation sites is 1. The minimum Gasteiger partial charge on any atom is -0.398 e. The summed E-state index contributed by atoms with van der Waals surface area (Å²) in [6.07, 6.45) is 1.62. The summed E-state index contributed by atoms with van der Waals surface area (Å²) < 4.78 is 1.93. The highest BCUT2D eigenvalue weighted by molar-refractivity contribution is 5.46. The molecular formula is C15H23N5. The van der Waals surface area contributed by atoms with Crippen LogP contribution in [0.15, 0.2) is 30.6 Å². The summed E-state index contributed by atoms with van der Waals surface area (Å²) in [7, 11) is 0. The quantitative estimate of drug-likeness (QED) is 0.820. The zero-order chi connectivity index (χ0) is 14.5. The zero-order valence-corrected chi connectivity index (χ0v) is 12.5. The van der Waals surface area contributed by atoms with E-state index in [0.29, 0.717) is 6.04 Å². The van der Waals surface area contributed by atoms with Gasteiger partial charge in [0.25, 0.3) is 0 Å². The Hall–Kier alpha value is -1.88. The average Bonchev–Trinajstić information content (AvgIpc) is 2.87. The molecule has 0 atom stereocenters. The van der Waals surface area contributed by atoms with Gasteiger partial charge in [0.1, 0.15) is 12.2 Å². The van der Waals surface area contributed by atoms with Crippen LogP contribution in [-0.4, -0.2) is 25.7 Å². The Kier molecular flexibility index (Phi) is 4.74. The molecule has 2 N–H and O–H groups in total. The van der Waals surface area contributed by atoms with Gasteiger partial charge in [0.15, 0.2) is 0 Å². The van der Waals surface area contributed by atoms with E-state index in [1.165, 1.54) is 0 Å². The van der Waals surface area contributed by atoms with E-state index in [0.717, 1.165) is 36.7 Å². The number of aromatic nitrogens is 3. The molecule has 0 aliphatic carbocycles. The molecule has 5 nitrogen and oxygen atoms in total. The van der Waals surface area contributed by atoms with Crippen LogP contribution in [0.4, 0.5) is 5.69 Å². The molecule has 0 amide bonds. The molecule has 0 fully saturated rings. The smallest absolute Gasteiger partial charge is 0.141 e. The molecule has 20 heavy (non-hydrogen) atoms. The van der Waals surface area contributed by atoms with Crippen LogP contribution < -0.4 is 5.73 Å². The van der Waals surface area contributed by atoms with Crippen molar-refractivity contribution >= 4 is 5.69 Å². The van der Waals surface area contributed by atoms with Crippen LogP contribution in [0.5, 0.6) is 0 Å². The van der Waals surface area contributed by atoms with E-state index in [9.17, 15) is 0 Å². The molecule has 5 heteroatoms. The van der Waals surface area contributed by atoms with Gasteiger partial charge in [-0.2, -0.15) is 5.10 Å². The maximum atomic E-state index is 6.04. The van der Waals surface area contributed by atoms with Gasteiger partial charge >= 0.3 is 0 Å². The van der Waals surface area contributed by atoms with Crippen molar-refractivity contribution in [3.63, 3.8) is 0 Å². The first-order valence-electron chi connectivity index (χ1n) is 7.06. The summed E-state index contributed by atoms with van der Waals surface area (Å²) in [6, 6.07) is 8.43.